The van der Waals surface area contributed by atoms with Gasteiger partial charge in [0.15, 0.2) is 0 Å². The molecule has 0 aliphatic carbocycles. The molecule has 0 bridgehead atoms. The smallest absolute Gasteiger partial charge is 0.408 e. The second kappa shape index (κ2) is 18.9. The van der Waals surface area contributed by atoms with E-state index in [1.165, 1.54) is 0 Å². The maximum atomic E-state index is 13.2. The number of nitrogens with one attached hydrogen (secondary N) is 2. The molecule has 3 N–H and O–H groups in total. The van der Waals surface area contributed by atoms with Crippen molar-refractivity contribution in [3.05, 3.63) is 0 Å². The number of carbonyl (C=O) groups is 6. The number of alkyl carbamates (subject to hydrolysis) is 2. The number of esters is 3. The molecule has 5 atom stereocenters. The van der Waals surface area contributed by atoms with Crippen molar-refractivity contribution in [3.8, 4) is 0 Å². The number of hydrogen-bond donors (Lipinski definition) is 3. The highest BCUT2D eigenvalue weighted by Gasteiger charge is 2.33. The summed E-state index contributed by atoms with van der Waals surface area (Å²) in [6.45, 7) is 16.8. The molecule has 2 amide bonds. The summed E-state index contributed by atoms with van der Waals surface area (Å²) in [5.74, 6) is -4.32. The summed E-state index contributed by atoms with van der Waals surface area (Å²) in [5.41, 5.74) is -1.61. The fourth-order valence-electron chi connectivity index (χ4n) is 3.49. The van der Waals surface area contributed by atoms with Crippen molar-refractivity contribution < 1.29 is 57.6 Å². The number of ether oxygens (including phenoxy) is 5. The van der Waals surface area contributed by atoms with Gasteiger partial charge in [0, 0.05) is 12.8 Å². The van der Waals surface area contributed by atoms with E-state index in [1.807, 2.05) is 6.92 Å². The SMILES string of the molecule is CCC(C)[C@H](NC(=O)OC(C)(C)C)C(=O)OCCC(OC(=O)CCCC(=O)O)OC(=O)[C@@H](NC(=O)OC(C)(C)C)C(C)CC. The van der Waals surface area contributed by atoms with Crippen LogP contribution in [0.4, 0.5) is 9.59 Å². The van der Waals surface area contributed by atoms with E-state index in [1.54, 1.807) is 62.3 Å². The van der Waals surface area contributed by atoms with Crippen LogP contribution in [0.15, 0.2) is 0 Å². The van der Waals surface area contributed by atoms with E-state index in [2.05, 4.69) is 10.6 Å². The van der Waals surface area contributed by atoms with E-state index in [0.717, 1.165) is 0 Å². The molecule has 0 rings (SSSR count). The summed E-state index contributed by atoms with van der Waals surface area (Å²) in [6.07, 6.45) is -2.97. The van der Waals surface area contributed by atoms with E-state index in [9.17, 15) is 28.8 Å². The second-order valence-electron chi connectivity index (χ2n) is 12.6. The van der Waals surface area contributed by atoms with Crippen LogP contribution in [0, 0.1) is 11.8 Å². The van der Waals surface area contributed by atoms with E-state index in [-0.39, 0.29) is 38.2 Å². The minimum atomic E-state index is -1.53. The third-order valence-electron chi connectivity index (χ3n) is 6.16. The molecule has 14 heteroatoms. The van der Waals surface area contributed by atoms with Gasteiger partial charge in [0.05, 0.1) is 13.0 Å². The quantitative estimate of drug-likeness (QED) is 0.116. The van der Waals surface area contributed by atoms with Crippen LogP contribution < -0.4 is 10.6 Å². The predicted octanol–water partition coefficient (Wildman–Crippen LogP) is 4.47. The maximum Gasteiger partial charge on any atom is 0.408 e. The van der Waals surface area contributed by atoms with Crippen molar-refractivity contribution in [2.24, 2.45) is 11.8 Å². The Balaban J connectivity index is 5.69. The van der Waals surface area contributed by atoms with Gasteiger partial charge in [0.1, 0.15) is 23.3 Å². The first-order valence-corrected chi connectivity index (χ1v) is 15.0. The first kappa shape index (κ1) is 40.4. The van der Waals surface area contributed by atoms with E-state index in [4.69, 9.17) is 28.8 Å². The van der Waals surface area contributed by atoms with Crippen LogP contribution in [-0.2, 0) is 42.9 Å². The third kappa shape index (κ3) is 18.2. The highest BCUT2D eigenvalue weighted by atomic mass is 16.7. The minimum Gasteiger partial charge on any atom is -0.481 e. The molecule has 14 nitrogen and oxygen atoms in total. The average molecular weight is 633 g/mol. The fraction of sp³-hybridized carbons (Fsp3) is 0.800. The van der Waals surface area contributed by atoms with Crippen LogP contribution in [0.5, 0.6) is 0 Å². The molecule has 44 heavy (non-hydrogen) atoms. The van der Waals surface area contributed by atoms with Crippen LogP contribution in [-0.4, -0.2) is 77.4 Å². The highest BCUT2D eigenvalue weighted by molar-refractivity contribution is 5.82. The van der Waals surface area contributed by atoms with Crippen LogP contribution in [0.1, 0.15) is 108 Å². The number of carboxylic acid groups (broad SMARTS) is 1. The molecular weight excluding hydrogens is 580 g/mol. The summed E-state index contributed by atoms with van der Waals surface area (Å²) >= 11 is 0. The summed E-state index contributed by atoms with van der Waals surface area (Å²) in [6, 6.07) is -2.19. The second-order valence-corrected chi connectivity index (χ2v) is 12.6. The van der Waals surface area contributed by atoms with Crippen molar-refractivity contribution in [2.45, 2.75) is 137 Å². The number of rotatable bonds is 17. The van der Waals surface area contributed by atoms with Crippen LogP contribution in [0.2, 0.25) is 0 Å². The van der Waals surface area contributed by atoms with Crippen LogP contribution in [0.3, 0.4) is 0 Å². The molecule has 254 valence electrons. The maximum absolute atomic E-state index is 13.2. The molecule has 0 fully saturated rings. The van der Waals surface area contributed by atoms with Crippen LogP contribution >= 0.6 is 0 Å². The van der Waals surface area contributed by atoms with Gasteiger partial charge in [-0.2, -0.15) is 0 Å². The van der Waals surface area contributed by atoms with Crippen molar-refractivity contribution in [1.29, 1.82) is 0 Å². The first-order chi connectivity index (χ1) is 20.2. The Labute approximate surface area is 260 Å². The van der Waals surface area contributed by atoms with Gasteiger partial charge < -0.3 is 39.4 Å². The largest absolute Gasteiger partial charge is 0.481 e. The number of hydrogen-bond acceptors (Lipinski definition) is 11. The molecule has 0 aliphatic rings. The topological polar surface area (TPSA) is 193 Å². The normalized spacial score (nSPS) is 15.0. The Morgan fingerprint density at radius 3 is 1.57 bits per heavy atom. The molecule has 0 aromatic carbocycles. The lowest BCUT2D eigenvalue weighted by molar-refractivity contribution is -0.193. The molecule has 0 aliphatic heterocycles. The minimum absolute atomic E-state index is 0.00751. The Hall–Kier alpha value is -3.58. The van der Waals surface area contributed by atoms with Gasteiger partial charge in [0.25, 0.3) is 6.29 Å². The Morgan fingerprint density at radius 1 is 0.705 bits per heavy atom. The van der Waals surface area contributed by atoms with Crippen molar-refractivity contribution in [2.75, 3.05) is 6.61 Å². The summed E-state index contributed by atoms with van der Waals surface area (Å²) in [7, 11) is 0. The Bertz CT molecular complexity index is 970. The predicted molar refractivity (Wildman–Crippen MR) is 158 cm³/mol. The van der Waals surface area contributed by atoms with E-state index in [0.29, 0.717) is 12.8 Å². The molecule has 0 spiro atoms. The van der Waals surface area contributed by atoms with Gasteiger partial charge >= 0.3 is 36.1 Å². The lowest BCUT2D eigenvalue weighted by Crippen LogP contribution is -2.49. The van der Waals surface area contributed by atoms with Crippen LogP contribution in [0.25, 0.3) is 0 Å². The lowest BCUT2D eigenvalue weighted by Gasteiger charge is -2.27. The number of carboxylic acids is 1. The first-order valence-electron chi connectivity index (χ1n) is 15.0. The zero-order valence-electron chi connectivity index (χ0n) is 27.8. The molecule has 3 unspecified atom stereocenters. The van der Waals surface area contributed by atoms with Crippen molar-refractivity contribution in [3.63, 3.8) is 0 Å². The highest BCUT2D eigenvalue weighted by Crippen LogP contribution is 2.17. The van der Waals surface area contributed by atoms with Gasteiger partial charge in [-0.25, -0.2) is 19.2 Å². The number of aliphatic carboxylic acids is 1. The molecule has 0 aromatic heterocycles. The van der Waals surface area contributed by atoms with Gasteiger partial charge in [-0.15, -0.1) is 0 Å². The van der Waals surface area contributed by atoms with Gasteiger partial charge in [-0.3, -0.25) is 9.59 Å². The van der Waals surface area contributed by atoms with Crippen molar-refractivity contribution in [1.82, 2.24) is 10.6 Å². The van der Waals surface area contributed by atoms with Gasteiger partial charge in [-0.05, 0) is 59.8 Å². The standard InChI is InChI=1S/C30H52N2O12/c1-11-18(3)23(31-27(38)43-29(5,6)7)25(36)40-17-16-22(41-21(35)15-13-14-20(33)34)42-26(37)24(19(4)12-2)32-28(39)44-30(8,9)10/h18-19,22-24H,11-17H2,1-10H3,(H,31,38)(H,32,39)(H,33,34)/t18?,19?,22?,23-,24-/m0/s1. The van der Waals surface area contributed by atoms with Gasteiger partial charge in [-0.1, -0.05) is 40.5 Å². The molecule has 0 heterocycles. The zero-order valence-corrected chi connectivity index (χ0v) is 27.8. The molecule has 0 aromatic rings. The fourth-order valence-corrected chi connectivity index (χ4v) is 3.49. The van der Waals surface area contributed by atoms with E-state index < -0.39 is 71.6 Å². The monoisotopic (exact) mass is 632 g/mol. The molecule has 0 saturated heterocycles. The Morgan fingerprint density at radius 2 is 1.16 bits per heavy atom. The number of carbonyl (C=O) groups excluding carboxylic acids is 5. The number of amides is 2. The third-order valence-corrected chi connectivity index (χ3v) is 6.16. The molecule has 0 radical (unpaired) electrons. The summed E-state index contributed by atoms with van der Waals surface area (Å²) in [5, 5.41) is 13.9. The lowest BCUT2D eigenvalue weighted by atomic mass is 9.99. The average Bonchev–Trinajstić information content (AvgIpc) is 2.86. The molecular formula is C30H52N2O12. The summed E-state index contributed by atoms with van der Waals surface area (Å²) < 4.78 is 26.6. The summed E-state index contributed by atoms with van der Waals surface area (Å²) in [4.78, 5) is 74.0. The Kier molecular flexibility index (Phi) is 17.4. The van der Waals surface area contributed by atoms with Crippen molar-refractivity contribution >= 4 is 36.1 Å². The van der Waals surface area contributed by atoms with E-state index >= 15 is 0 Å². The van der Waals surface area contributed by atoms with Gasteiger partial charge in [0.2, 0.25) is 0 Å². The zero-order chi connectivity index (χ0) is 34.3. The molecule has 0 saturated carbocycles.